The van der Waals surface area contributed by atoms with Crippen LogP contribution in [0, 0.1) is 16.7 Å². The fourth-order valence-corrected chi connectivity index (χ4v) is 4.80. The summed E-state index contributed by atoms with van der Waals surface area (Å²) in [4.78, 5) is 45.3. The fourth-order valence-electron chi connectivity index (χ4n) is 4.80. The molecule has 0 aromatic heterocycles. The Bertz CT molecular complexity index is 1080. The van der Waals surface area contributed by atoms with Gasteiger partial charge in [-0.25, -0.2) is 4.79 Å². The first-order valence-corrected chi connectivity index (χ1v) is 12.8. The minimum absolute atomic E-state index is 0.0226. The molecule has 0 saturated carbocycles. The molecular weight excluding hydrogens is 468 g/mol. The number of carbonyl (C=O) groups is 3. The Morgan fingerprint density at radius 1 is 1.08 bits per heavy atom. The van der Waals surface area contributed by atoms with Gasteiger partial charge < -0.3 is 20.6 Å². The minimum Gasteiger partial charge on any atom is -0.478 e. The summed E-state index contributed by atoms with van der Waals surface area (Å²) >= 11 is 0. The number of aliphatic imine (C=N–C) groups is 1. The summed E-state index contributed by atoms with van der Waals surface area (Å²) in [6.45, 7) is 15.1. The number of aliphatic carboxylic acids is 1. The van der Waals surface area contributed by atoms with E-state index in [9.17, 15) is 19.5 Å². The first kappa shape index (κ1) is 30.2. The molecule has 1 aromatic carbocycles. The van der Waals surface area contributed by atoms with Crippen LogP contribution in [0.25, 0.3) is 0 Å². The largest absolute Gasteiger partial charge is 0.478 e. The molecule has 3 N–H and O–H groups in total. The number of hydrogen-bond acceptors (Lipinski definition) is 5. The first-order chi connectivity index (χ1) is 17.0. The highest BCUT2D eigenvalue weighted by Crippen LogP contribution is 2.35. The number of rotatable bonds is 10. The van der Waals surface area contributed by atoms with E-state index in [1.54, 1.807) is 25.1 Å². The van der Waals surface area contributed by atoms with E-state index in [-0.39, 0.29) is 23.3 Å². The van der Waals surface area contributed by atoms with Crippen LogP contribution in [0.15, 0.2) is 40.9 Å². The maximum atomic E-state index is 13.8. The van der Waals surface area contributed by atoms with Crippen molar-refractivity contribution in [3.05, 3.63) is 41.5 Å². The smallest absolute Gasteiger partial charge is 0.331 e. The van der Waals surface area contributed by atoms with Crippen LogP contribution < -0.4 is 10.6 Å². The highest BCUT2D eigenvalue weighted by atomic mass is 16.4. The highest BCUT2D eigenvalue weighted by Gasteiger charge is 2.43. The summed E-state index contributed by atoms with van der Waals surface area (Å²) in [5.41, 5.74) is 1.94. The number of hydrogen-bond donors (Lipinski definition) is 3. The van der Waals surface area contributed by atoms with Crippen LogP contribution in [0.2, 0.25) is 0 Å². The molecule has 0 unspecified atom stereocenters. The number of para-hydroxylation sites is 1. The maximum absolute atomic E-state index is 13.8. The summed E-state index contributed by atoms with van der Waals surface area (Å²) in [5.74, 6) is -1.60. The number of nitrogens with zero attached hydrogens (tertiary/aromatic N) is 2. The van der Waals surface area contributed by atoms with Crippen LogP contribution >= 0.6 is 0 Å². The molecular formula is C29H44N4O4. The molecule has 204 valence electrons. The zero-order valence-electron chi connectivity index (χ0n) is 24.0. The Hall–Kier alpha value is -3.00. The van der Waals surface area contributed by atoms with Crippen molar-refractivity contribution >= 4 is 29.2 Å². The second-order valence-electron chi connectivity index (χ2n) is 12.0. The number of nitrogens with one attached hydrogen (secondary N) is 2. The number of likely N-dealkylation sites (N-methyl/N-ethyl adjacent to an activating group) is 2. The van der Waals surface area contributed by atoms with E-state index in [0.717, 1.165) is 17.0 Å². The predicted molar refractivity (Wildman–Crippen MR) is 148 cm³/mol. The van der Waals surface area contributed by atoms with Crippen molar-refractivity contribution < 1.29 is 19.5 Å². The van der Waals surface area contributed by atoms with E-state index in [4.69, 9.17) is 4.99 Å². The normalized spacial score (nSPS) is 16.5. The van der Waals surface area contributed by atoms with E-state index in [0.29, 0.717) is 6.42 Å². The molecule has 1 aromatic rings. The van der Waals surface area contributed by atoms with Crippen molar-refractivity contribution in [3.8, 4) is 0 Å². The van der Waals surface area contributed by atoms with Gasteiger partial charge in [-0.2, -0.15) is 0 Å². The second kappa shape index (κ2) is 11.6. The molecule has 0 aliphatic carbocycles. The second-order valence-corrected chi connectivity index (χ2v) is 12.0. The SMILES string of the molecule is CN[C@H](C(=O)N[C@H](C(=O)N(C)[C@H](/C=C(\C)C(=O)O)C(C)C)C(C)(C)C)C(C)(C)C1=Nc2ccccc2C1. The Morgan fingerprint density at radius 3 is 2.16 bits per heavy atom. The molecule has 0 radical (unpaired) electrons. The minimum atomic E-state index is -1.02. The predicted octanol–water partition coefficient (Wildman–Crippen LogP) is 3.97. The van der Waals surface area contributed by atoms with Crippen molar-refractivity contribution in [2.75, 3.05) is 14.1 Å². The van der Waals surface area contributed by atoms with Gasteiger partial charge in [-0.1, -0.05) is 72.7 Å². The quantitative estimate of drug-likeness (QED) is 0.411. The van der Waals surface area contributed by atoms with Gasteiger partial charge in [0.25, 0.3) is 0 Å². The monoisotopic (exact) mass is 512 g/mol. The molecule has 37 heavy (non-hydrogen) atoms. The first-order valence-electron chi connectivity index (χ1n) is 12.8. The van der Waals surface area contributed by atoms with E-state index in [1.165, 1.54) is 6.92 Å². The summed E-state index contributed by atoms with van der Waals surface area (Å²) < 4.78 is 0. The Morgan fingerprint density at radius 2 is 1.68 bits per heavy atom. The maximum Gasteiger partial charge on any atom is 0.331 e. The Labute approximate surface area is 221 Å². The van der Waals surface area contributed by atoms with Crippen molar-refractivity contribution in [2.45, 2.75) is 79.9 Å². The van der Waals surface area contributed by atoms with Crippen LogP contribution in [0.4, 0.5) is 5.69 Å². The van der Waals surface area contributed by atoms with Gasteiger partial charge in [0.05, 0.1) is 17.8 Å². The Kier molecular flexibility index (Phi) is 9.47. The lowest BCUT2D eigenvalue weighted by Gasteiger charge is -2.39. The molecule has 0 spiro atoms. The molecule has 1 aliphatic rings. The van der Waals surface area contributed by atoms with Gasteiger partial charge in [0.15, 0.2) is 0 Å². The summed E-state index contributed by atoms with van der Waals surface area (Å²) in [7, 11) is 3.40. The van der Waals surface area contributed by atoms with E-state index in [2.05, 4.69) is 10.6 Å². The third kappa shape index (κ3) is 6.86. The molecule has 0 bridgehead atoms. The molecule has 0 saturated heterocycles. The molecule has 2 amide bonds. The molecule has 3 atom stereocenters. The number of fused-ring (bicyclic) bond motifs is 1. The summed E-state index contributed by atoms with van der Waals surface area (Å²) in [5, 5.41) is 15.5. The van der Waals surface area contributed by atoms with Gasteiger partial charge in [0.2, 0.25) is 11.8 Å². The molecule has 0 fully saturated rings. The zero-order valence-corrected chi connectivity index (χ0v) is 24.0. The lowest BCUT2D eigenvalue weighted by atomic mass is 9.77. The highest BCUT2D eigenvalue weighted by molar-refractivity contribution is 6.02. The zero-order chi connectivity index (χ0) is 28.3. The average molecular weight is 513 g/mol. The summed E-state index contributed by atoms with van der Waals surface area (Å²) in [6, 6.07) is 6.08. The topological polar surface area (TPSA) is 111 Å². The molecule has 8 heteroatoms. The summed E-state index contributed by atoms with van der Waals surface area (Å²) in [6.07, 6.45) is 2.27. The average Bonchev–Trinajstić information content (AvgIpc) is 3.24. The molecule has 8 nitrogen and oxygen atoms in total. The van der Waals surface area contributed by atoms with Gasteiger partial charge >= 0.3 is 5.97 Å². The number of carbonyl (C=O) groups excluding carboxylic acids is 2. The number of amides is 2. The van der Waals surface area contributed by atoms with Gasteiger partial charge in [-0.05, 0) is 36.9 Å². The van der Waals surface area contributed by atoms with Crippen LogP contribution in [0.5, 0.6) is 0 Å². The van der Waals surface area contributed by atoms with Crippen molar-refractivity contribution in [3.63, 3.8) is 0 Å². The fraction of sp³-hybridized carbons (Fsp3) is 0.586. The third-order valence-corrected chi connectivity index (χ3v) is 7.26. The number of benzene rings is 1. The van der Waals surface area contributed by atoms with Crippen LogP contribution in [0.3, 0.4) is 0 Å². The van der Waals surface area contributed by atoms with Gasteiger partial charge in [0.1, 0.15) is 6.04 Å². The van der Waals surface area contributed by atoms with Gasteiger partial charge in [-0.15, -0.1) is 0 Å². The van der Waals surface area contributed by atoms with Crippen molar-refractivity contribution in [1.82, 2.24) is 15.5 Å². The van der Waals surface area contributed by atoms with Gasteiger partial charge in [-0.3, -0.25) is 14.6 Å². The number of carboxylic acids is 1. The van der Waals surface area contributed by atoms with Crippen LogP contribution in [-0.2, 0) is 20.8 Å². The lowest BCUT2D eigenvalue weighted by molar-refractivity contribution is -0.141. The van der Waals surface area contributed by atoms with E-state index < -0.39 is 34.9 Å². The number of carboxylic acid groups (broad SMARTS) is 1. The molecule has 1 heterocycles. The van der Waals surface area contributed by atoms with Crippen molar-refractivity contribution in [1.29, 1.82) is 0 Å². The van der Waals surface area contributed by atoms with E-state index in [1.807, 2.05) is 72.7 Å². The van der Waals surface area contributed by atoms with E-state index >= 15 is 0 Å². The lowest BCUT2D eigenvalue weighted by Crippen LogP contribution is -2.62. The van der Waals surface area contributed by atoms with Crippen molar-refractivity contribution in [2.24, 2.45) is 21.7 Å². The van der Waals surface area contributed by atoms with Crippen LogP contribution in [0.1, 0.15) is 61.0 Å². The molecule has 2 rings (SSSR count). The van der Waals surface area contributed by atoms with Gasteiger partial charge in [0, 0.05) is 30.2 Å². The van der Waals surface area contributed by atoms with Crippen LogP contribution in [-0.4, -0.2) is 65.7 Å². The Balaban J connectivity index is 2.33. The standard InChI is InChI=1S/C29H44N4O4/c1-17(2)21(15-18(3)27(36)37)33(10)26(35)24(28(4,5)6)32-25(34)23(30-9)29(7,8)22-16-19-13-11-12-14-20(19)31-22/h11-15,17,21,23-24,30H,16H2,1-10H3,(H,32,34)(H,36,37)/b18-15+/t21-,23-,24-/m1/s1. The third-order valence-electron chi connectivity index (χ3n) is 7.26. The molecule has 1 aliphatic heterocycles.